The first kappa shape index (κ1) is 66.2. The molecule has 0 radical (unpaired) electrons. The topological polar surface area (TPSA) is 251 Å². The van der Waals surface area contributed by atoms with E-state index in [0.29, 0.717) is 58.3 Å². The van der Waals surface area contributed by atoms with Crippen molar-refractivity contribution >= 4 is 69.4 Å². The number of carbonyl (C=O) groups is 6. The Hall–Kier alpha value is -4.85. The highest BCUT2D eigenvalue weighted by atomic mass is 28.5. The number of carboxylic acids is 3. The molecule has 0 aliphatic carbocycles. The first-order chi connectivity index (χ1) is 30.5. The maximum atomic E-state index is 12.8. The van der Waals surface area contributed by atoms with Gasteiger partial charge in [-0.3, -0.25) is 14.4 Å². The van der Waals surface area contributed by atoms with Gasteiger partial charge in [-0.25, -0.2) is 14.4 Å². The highest BCUT2D eigenvalue weighted by molar-refractivity contribution is 6.89. The van der Waals surface area contributed by atoms with Crippen molar-refractivity contribution in [3.8, 4) is 0 Å². The van der Waals surface area contributed by atoms with E-state index in [9.17, 15) is 44.1 Å². The Morgan fingerprint density at radius 3 is 1.32 bits per heavy atom. The minimum Gasteiger partial charge on any atom is -0.478 e. The molecule has 0 spiro atoms. The monoisotopic (exact) mass is 1030 g/mol. The summed E-state index contributed by atoms with van der Waals surface area (Å²) in [6.45, 7) is 18.2. The molecule has 1 unspecified atom stereocenters. The van der Waals surface area contributed by atoms with Crippen LogP contribution in [0.25, 0.3) is 0 Å². The van der Waals surface area contributed by atoms with E-state index >= 15 is 0 Å². The van der Waals surface area contributed by atoms with E-state index in [2.05, 4.69) is 59.3 Å². The summed E-state index contributed by atoms with van der Waals surface area (Å²) in [6.07, 6.45) is 2.24. The Morgan fingerprint density at radius 1 is 0.435 bits per heavy atom. The maximum Gasteiger partial charge on any atom is 0.336 e. The van der Waals surface area contributed by atoms with Gasteiger partial charge in [-0.05, 0) is 139 Å². The average molecular weight is 1030 g/mol. The first-order valence-corrected chi connectivity index (χ1v) is 33.5. The molecular formula is C48H83N5O12Si4. The molecule has 3 rings (SSSR count). The predicted octanol–water partition coefficient (Wildman–Crippen LogP) is 8.50. The van der Waals surface area contributed by atoms with Gasteiger partial charge in [0.2, 0.25) is 0 Å². The van der Waals surface area contributed by atoms with Crippen LogP contribution < -0.4 is 26.6 Å². The number of benzene rings is 3. The number of amides is 3. The molecule has 0 aliphatic heterocycles. The fourth-order valence-corrected chi connectivity index (χ4v) is 27.3. The van der Waals surface area contributed by atoms with E-state index in [-0.39, 0.29) is 69.0 Å². The zero-order chi connectivity index (χ0) is 48.3. The van der Waals surface area contributed by atoms with Crippen molar-refractivity contribution in [1.82, 2.24) is 26.6 Å². The van der Waals surface area contributed by atoms with E-state index < -0.39 is 63.5 Å². The molecule has 8 N–H and O–H groups in total. The number of rotatable bonds is 30. The van der Waals surface area contributed by atoms with Crippen LogP contribution in [0.1, 0.15) is 111 Å². The summed E-state index contributed by atoms with van der Waals surface area (Å²) >= 11 is 0. The lowest BCUT2D eigenvalue weighted by Crippen LogP contribution is -2.58. The number of aromatic carboxylic acids is 3. The summed E-state index contributed by atoms with van der Waals surface area (Å²) < 4.78 is 21.1. The minimum absolute atomic E-state index is 0. The van der Waals surface area contributed by atoms with Crippen LogP contribution in [-0.2, 0) is 12.3 Å². The van der Waals surface area contributed by atoms with Crippen molar-refractivity contribution in [2.75, 3.05) is 45.8 Å². The second-order valence-electron chi connectivity index (χ2n) is 17.5. The van der Waals surface area contributed by atoms with Gasteiger partial charge in [0, 0.05) is 38.3 Å². The highest BCUT2D eigenvalue weighted by Crippen LogP contribution is 2.30. The summed E-state index contributed by atoms with van der Waals surface area (Å²) in [6, 6.07) is 20.4. The van der Waals surface area contributed by atoms with Crippen molar-refractivity contribution < 1.29 is 56.4 Å². The van der Waals surface area contributed by atoms with E-state index in [0.717, 1.165) is 24.9 Å². The van der Waals surface area contributed by atoms with Gasteiger partial charge in [-0.15, -0.1) is 0 Å². The summed E-state index contributed by atoms with van der Waals surface area (Å²) in [5.41, 5.74) is 0.465. The Labute approximate surface area is 415 Å². The lowest BCUT2D eigenvalue weighted by atomic mass is 10.1. The molecule has 388 valence electrons. The maximum absolute atomic E-state index is 12.8. The molecule has 0 bridgehead atoms. The third kappa shape index (κ3) is 24.0. The number of hydrogen-bond acceptors (Lipinski definition) is 11. The quantitative estimate of drug-likeness (QED) is 0.0230. The Bertz CT molecular complexity index is 2110. The molecule has 21 heteroatoms. The fraction of sp³-hybridized carbons (Fsp3) is 0.500. The van der Waals surface area contributed by atoms with Crippen LogP contribution >= 0.6 is 0 Å². The molecular weight excluding hydrogens is 951 g/mol. The molecule has 0 aromatic heterocycles. The van der Waals surface area contributed by atoms with Gasteiger partial charge in [0.15, 0.2) is 16.6 Å². The number of hydrogen-bond donors (Lipinski definition) is 8. The third-order valence-corrected chi connectivity index (χ3v) is 26.4. The van der Waals surface area contributed by atoms with Gasteiger partial charge >= 0.3 is 35.0 Å². The summed E-state index contributed by atoms with van der Waals surface area (Å²) in [5, 5.41) is 43.3. The Balaban J connectivity index is 0. The van der Waals surface area contributed by atoms with Gasteiger partial charge in [-0.2, -0.15) is 0 Å². The minimum atomic E-state index is -2.86. The number of nitrogens with one attached hydrogen (secondary N) is 5. The second kappa shape index (κ2) is 31.4. The van der Waals surface area contributed by atoms with Crippen LogP contribution in [0.15, 0.2) is 72.8 Å². The van der Waals surface area contributed by atoms with Crippen LogP contribution in [0, 0.1) is 0 Å². The predicted molar refractivity (Wildman–Crippen MR) is 285 cm³/mol. The van der Waals surface area contributed by atoms with Crippen LogP contribution in [0.2, 0.25) is 64.0 Å². The molecule has 3 aromatic carbocycles. The molecule has 3 aromatic rings. The smallest absolute Gasteiger partial charge is 0.336 e. The zero-order valence-electron chi connectivity index (χ0n) is 38.6. The van der Waals surface area contributed by atoms with Crippen molar-refractivity contribution in [2.45, 2.75) is 113 Å². The Morgan fingerprint density at radius 2 is 0.841 bits per heavy atom. The second-order valence-corrected chi connectivity index (χ2v) is 33.6. The Kier molecular flexibility index (Phi) is 30.1. The largest absolute Gasteiger partial charge is 0.478 e. The van der Waals surface area contributed by atoms with E-state index in [4.69, 9.17) is 12.3 Å². The molecule has 1 atom stereocenters. The van der Waals surface area contributed by atoms with Crippen molar-refractivity contribution in [3.05, 3.63) is 106 Å². The number of carboxylic acid groups (broad SMARTS) is 3. The lowest BCUT2D eigenvalue weighted by Gasteiger charge is -2.43. The summed E-state index contributed by atoms with van der Waals surface area (Å²) in [5.74, 6) is -4.64. The molecule has 69 heavy (non-hydrogen) atoms. The molecule has 0 fully saturated rings. The SMILES string of the molecule is C.C.C.C.C[Si](C)(CCCNC(=O)c1ccccc1C(=O)O)O[Si](C)(C)O[Si](C)(CCCNCCNC(=O)c1cccc(C(=O)O)c1)O[Si](C)(C)CCCNCCNC(=O)c1ccccc1C(=O)O. The van der Waals surface area contributed by atoms with Crippen molar-refractivity contribution in [2.24, 2.45) is 0 Å². The van der Waals surface area contributed by atoms with Crippen molar-refractivity contribution in [3.63, 3.8) is 0 Å². The van der Waals surface area contributed by atoms with Gasteiger partial charge in [0.05, 0.1) is 27.8 Å². The van der Waals surface area contributed by atoms with Crippen LogP contribution in [-0.4, -0.2) is 131 Å². The van der Waals surface area contributed by atoms with Crippen LogP contribution in [0.3, 0.4) is 0 Å². The van der Waals surface area contributed by atoms with E-state index in [1.54, 1.807) is 30.3 Å². The molecule has 0 heterocycles. The zero-order valence-corrected chi connectivity index (χ0v) is 42.6. The lowest BCUT2D eigenvalue weighted by molar-refractivity contribution is 0.0682. The van der Waals surface area contributed by atoms with E-state index in [1.807, 2.05) is 13.1 Å². The molecule has 0 saturated carbocycles. The van der Waals surface area contributed by atoms with Gasteiger partial charge in [0.25, 0.3) is 17.7 Å². The molecule has 0 saturated heterocycles. The van der Waals surface area contributed by atoms with Gasteiger partial charge in [-0.1, -0.05) is 60.0 Å². The van der Waals surface area contributed by atoms with E-state index in [1.165, 1.54) is 42.5 Å². The first-order valence-electron chi connectivity index (χ1n) is 21.9. The molecule has 0 aliphatic rings. The highest BCUT2D eigenvalue weighted by Gasteiger charge is 2.45. The third-order valence-electron chi connectivity index (χ3n) is 10.2. The molecule has 3 amide bonds. The van der Waals surface area contributed by atoms with Crippen molar-refractivity contribution in [1.29, 1.82) is 0 Å². The average Bonchev–Trinajstić information content (AvgIpc) is 3.23. The molecule has 17 nitrogen and oxygen atoms in total. The summed E-state index contributed by atoms with van der Waals surface area (Å²) in [7, 11) is -10.2. The fourth-order valence-electron chi connectivity index (χ4n) is 7.51. The van der Waals surface area contributed by atoms with Crippen LogP contribution in [0.4, 0.5) is 0 Å². The van der Waals surface area contributed by atoms with Crippen LogP contribution in [0.5, 0.6) is 0 Å². The van der Waals surface area contributed by atoms with Gasteiger partial charge in [0.1, 0.15) is 0 Å². The standard InChI is InChI=1S/C44H67N5O12Si4.4CH4/c1-62(2,30-15-24-47-40(51)35-18-8-10-20-37(35)43(55)56)59-64(5,6)61-65(7,31-14-23-46-25-27-48-39(50)33-16-12-17-34(32-33)42(53)54)60-63(3,4)29-13-22-45-26-28-49-41(52)36-19-9-11-21-38(36)44(57)58;;;;/h8-12,16-21,32,45-46H,13-15,22-31H2,1-7H3,(H,47,51)(H,48,50)(H,49,52)(H,53,54)(H,55,56)(H,57,58);4*1H4. The number of carbonyl (C=O) groups excluding carboxylic acids is 3. The normalized spacial score (nSPS) is 12.0. The van der Waals surface area contributed by atoms with Gasteiger partial charge < -0.3 is 54.2 Å². The summed E-state index contributed by atoms with van der Waals surface area (Å²) in [4.78, 5) is 72.4.